The van der Waals surface area contributed by atoms with E-state index in [2.05, 4.69) is 31.0 Å². The zero-order valence-corrected chi connectivity index (χ0v) is 12.1. The van der Waals surface area contributed by atoms with Crippen molar-refractivity contribution < 1.29 is 9.90 Å². The largest absolute Gasteiger partial charge is 0.480 e. The lowest BCUT2D eigenvalue weighted by Crippen LogP contribution is -2.56. The van der Waals surface area contributed by atoms with Crippen molar-refractivity contribution >= 4 is 5.97 Å². The second-order valence-corrected chi connectivity index (χ2v) is 5.62. The van der Waals surface area contributed by atoms with Gasteiger partial charge in [-0.2, -0.15) is 0 Å². The fraction of sp³-hybridized carbons (Fsp3) is 0.929. The van der Waals surface area contributed by atoms with Gasteiger partial charge in [0.05, 0.1) is 6.54 Å². The van der Waals surface area contributed by atoms with Crippen LogP contribution in [0.15, 0.2) is 0 Å². The summed E-state index contributed by atoms with van der Waals surface area (Å²) in [4.78, 5) is 12.8. The molecular weight excluding hydrogens is 228 g/mol. The van der Waals surface area contributed by atoms with Crippen LogP contribution < -0.4 is 5.32 Å². The SMILES string of the molecule is CCC(C)C(C)NC1CC(N(CC)CC(=O)O)C1. The lowest BCUT2D eigenvalue weighted by Gasteiger charge is -2.44. The van der Waals surface area contributed by atoms with E-state index in [1.807, 2.05) is 6.92 Å². The molecule has 0 saturated heterocycles. The Balaban J connectivity index is 2.28. The molecule has 0 heterocycles. The molecule has 0 aromatic carbocycles. The zero-order chi connectivity index (χ0) is 13.7. The summed E-state index contributed by atoms with van der Waals surface area (Å²) in [5.74, 6) is -0.0217. The Hall–Kier alpha value is -0.610. The van der Waals surface area contributed by atoms with Crippen LogP contribution in [0.1, 0.15) is 47.0 Å². The Bertz CT molecular complexity index is 265. The minimum Gasteiger partial charge on any atom is -0.480 e. The van der Waals surface area contributed by atoms with Crippen LogP contribution in [0.4, 0.5) is 0 Å². The highest BCUT2D eigenvalue weighted by Crippen LogP contribution is 2.26. The lowest BCUT2D eigenvalue weighted by molar-refractivity contribution is -0.139. The number of carbonyl (C=O) groups is 1. The van der Waals surface area contributed by atoms with Gasteiger partial charge >= 0.3 is 5.97 Å². The first-order chi connectivity index (χ1) is 8.47. The summed E-state index contributed by atoms with van der Waals surface area (Å²) in [5, 5.41) is 12.5. The average Bonchev–Trinajstić information content (AvgIpc) is 2.28. The molecule has 1 saturated carbocycles. The third-order valence-electron chi connectivity index (χ3n) is 4.37. The second kappa shape index (κ2) is 7.10. The third kappa shape index (κ3) is 4.25. The number of hydrogen-bond acceptors (Lipinski definition) is 3. The Morgan fingerprint density at radius 3 is 2.44 bits per heavy atom. The topological polar surface area (TPSA) is 52.6 Å². The number of carboxylic acids is 1. The lowest BCUT2D eigenvalue weighted by atomic mass is 9.84. The standard InChI is InChI=1S/C14H28N2O2/c1-5-10(3)11(4)15-12-7-13(8-12)16(6-2)9-14(17)18/h10-13,15H,5-9H2,1-4H3,(H,17,18). The van der Waals surface area contributed by atoms with E-state index in [-0.39, 0.29) is 6.54 Å². The molecule has 2 N–H and O–H groups in total. The molecule has 0 spiro atoms. The summed E-state index contributed by atoms with van der Waals surface area (Å²) in [7, 11) is 0. The highest BCUT2D eigenvalue weighted by Gasteiger charge is 2.34. The van der Waals surface area contributed by atoms with Crippen molar-refractivity contribution in [1.82, 2.24) is 10.2 Å². The number of nitrogens with one attached hydrogen (secondary N) is 1. The minimum absolute atomic E-state index is 0.175. The van der Waals surface area contributed by atoms with Gasteiger partial charge in [-0.3, -0.25) is 9.69 Å². The van der Waals surface area contributed by atoms with Crippen LogP contribution >= 0.6 is 0 Å². The predicted molar refractivity (Wildman–Crippen MR) is 73.7 cm³/mol. The fourth-order valence-electron chi connectivity index (χ4n) is 2.58. The van der Waals surface area contributed by atoms with Crippen LogP contribution in [0.25, 0.3) is 0 Å². The molecule has 2 unspecified atom stereocenters. The molecule has 1 rings (SSSR count). The molecule has 2 atom stereocenters. The molecule has 1 aliphatic carbocycles. The van der Waals surface area contributed by atoms with Crippen LogP contribution in [0.3, 0.4) is 0 Å². The van der Waals surface area contributed by atoms with Gasteiger partial charge in [-0.15, -0.1) is 0 Å². The summed E-state index contributed by atoms with van der Waals surface area (Å²) in [5.41, 5.74) is 0. The molecule has 0 aliphatic heterocycles. The number of nitrogens with zero attached hydrogens (tertiary/aromatic N) is 1. The number of aliphatic carboxylic acids is 1. The average molecular weight is 256 g/mol. The highest BCUT2D eigenvalue weighted by atomic mass is 16.4. The maximum atomic E-state index is 10.7. The monoisotopic (exact) mass is 256 g/mol. The Morgan fingerprint density at radius 2 is 2.00 bits per heavy atom. The summed E-state index contributed by atoms with van der Waals surface area (Å²) < 4.78 is 0. The molecular formula is C14H28N2O2. The Labute approximate surface area is 111 Å². The van der Waals surface area contributed by atoms with Crippen LogP contribution in [-0.4, -0.2) is 47.2 Å². The summed E-state index contributed by atoms with van der Waals surface area (Å²) in [6.45, 7) is 9.77. The van der Waals surface area contributed by atoms with Gasteiger partial charge in [-0.25, -0.2) is 0 Å². The number of rotatable bonds is 8. The molecule has 4 nitrogen and oxygen atoms in total. The first-order valence-electron chi connectivity index (χ1n) is 7.19. The van der Waals surface area contributed by atoms with E-state index in [9.17, 15) is 4.79 Å². The van der Waals surface area contributed by atoms with Crippen LogP contribution in [0, 0.1) is 5.92 Å². The molecule has 106 valence electrons. The van der Waals surface area contributed by atoms with Crippen molar-refractivity contribution in [2.45, 2.75) is 65.1 Å². The molecule has 0 radical (unpaired) electrons. The van der Waals surface area contributed by atoms with Crippen LogP contribution in [0.2, 0.25) is 0 Å². The van der Waals surface area contributed by atoms with Gasteiger partial charge in [-0.05, 0) is 32.2 Å². The minimum atomic E-state index is -0.721. The number of likely N-dealkylation sites (N-methyl/N-ethyl adjacent to an activating group) is 1. The van der Waals surface area contributed by atoms with Gasteiger partial charge in [0.15, 0.2) is 0 Å². The normalized spacial score (nSPS) is 26.7. The Kier molecular flexibility index (Phi) is 6.09. The van der Waals surface area contributed by atoms with Crippen molar-refractivity contribution in [3.8, 4) is 0 Å². The maximum Gasteiger partial charge on any atom is 0.317 e. The van der Waals surface area contributed by atoms with Crippen LogP contribution in [-0.2, 0) is 4.79 Å². The molecule has 0 bridgehead atoms. The summed E-state index contributed by atoms with van der Waals surface area (Å²) >= 11 is 0. The molecule has 1 aliphatic rings. The summed E-state index contributed by atoms with van der Waals surface area (Å²) in [6.07, 6.45) is 3.37. The summed E-state index contributed by atoms with van der Waals surface area (Å²) in [6, 6.07) is 1.57. The molecule has 0 amide bonds. The van der Waals surface area contributed by atoms with Crippen molar-refractivity contribution in [2.75, 3.05) is 13.1 Å². The van der Waals surface area contributed by atoms with Gasteiger partial charge in [0.1, 0.15) is 0 Å². The van der Waals surface area contributed by atoms with Gasteiger partial charge in [0, 0.05) is 18.1 Å². The second-order valence-electron chi connectivity index (χ2n) is 5.62. The predicted octanol–water partition coefficient (Wildman–Crippen LogP) is 1.95. The maximum absolute atomic E-state index is 10.7. The number of carboxylic acid groups (broad SMARTS) is 1. The zero-order valence-electron chi connectivity index (χ0n) is 12.1. The molecule has 4 heteroatoms. The van der Waals surface area contributed by atoms with Gasteiger partial charge in [0.2, 0.25) is 0 Å². The van der Waals surface area contributed by atoms with E-state index in [1.165, 1.54) is 6.42 Å². The van der Waals surface area contributed by atoms with E-state index in [1.54, 1.807) is 0 Å². The van der Waals surface area contributed by atoms with Gasteiger partial charge in [0.25, 0.3) is 0 Å². The fourth-order valence-corrected chi connectivity index (χ4v) is 2.58. The highest BCUT2D eigenvalue weighted by molar-refractivity contribution is 5.69. The van der Waals surface area contributed by atoms with Crippen molar-refractivity contribution in [3.63, 3.8) is 0 Å². The van der Waals surface area contributed by atoms with Crippen LogP contribution in [0.5, 0.6) is 0 Å². The van der Waals surface area contributed by atoms with Crippen molar-refractivity contribution in [2.24, 2.45) is 5.92 Å². The van der Waals surface area contributed by atoms with Crippen molar-refractivity contribution in [3.05, 3.63) is 0 Å². The van der Waals surface area contributed by atoms with Gasteiger partial charge < -0.3 is 10.4 Å². The number of hydrogen-bond donors (Lipinski definition) is 2. The third-order valence-corrected chi connectivity index (χ3v) is 4.37. The molecule has 18 heavy (non-hydrogen) atoms. The quantitative estimate of drug-likeness (QED) is 0.697. The molecule has 1 fully saturated rings. The van der Waals surface area contributed by atoms with E-state index >= 15 is 0 Å². The van der Waals surface area contributed by atoms with Crippen molar-refractivity contribution in [1.29, 1.82) is 0 Å². The van der Waals surface area contributed by atoms with E-state index < -0.39 is 5.97 Å². The first kappa shape index (κ1) is 15.4. The first-order valence-corrected chi connectivity index (χ1v) is 7.19. The van der Waals surface area contributed by atoms with E-state index in [0.29, 0.717) is 24.0 Å². The van der Waals surface area contributed by atoms with E-state index in [0.717, 1.165) is 19.4 Å². The molecule has 0 aromatic heterocycles. The van der Waals surface area contributed by atoms with E-state index in [4.69, 9.17) is 5.11 Å². The molecule has 0 aromatic rings. The van der Waals surface area contributed by atoms with Gasteiger partial charge in [-0.1, -0.05) is 27.2 Å². The smallest absolute Gasteiger partial charge is 0.317 e. The Morgan fingerprint density at radius 1 is 1.39 bits per heavy atom.